The lowest BCUT2D eigenvalue weighted by Gasteiger charge is -2.12. The fourth-order valence-corrected chi connectivity index (χ4v) is 1.84. The number of hydrogen-bond donors (Lipinski definition) is 0. The Bertz CT molecular complexity index is 645. The predicted octanol–water partition coefficient (Wildman–Crippen LogP) is 1.55. The third kappa shape index (κ3) is 2.18. The first-order valence-electron chi connectivity index (χ1n) is 5.73. The van der Waals surface area contributed by atoms with Gasteiger partial charge in [0.2, 0.25) is 0 Å². The second-order valence-electron chi connectivity index (χ2n) is 4.35. The highest BCUT2D eigenvalue weighted by Crippen LogP contribution is 2.09. The average Bonchev–Trinajstić information content (AvgIpc) is 2.80. The number of hydrogen-bond acceptors (Lipinski definition) is 3. The standard InChI is InChI=1S/C13H14N4O/c1-10(2)17-9-15-7-12(17)8-16-5-3-4-11(6-14)13(16)18/h3-5,7,9-10H,8H2,1-2H3. The minimum atomic E-state index is -0.267. The molecule has 5 nitrogen and oxygen atoms in total. The zero-order chi connectivity index (χ0) is 13.1. The molecule has 0 bridgehead atoms. The van der Waals surface area contributed by atoms with E-state index in [1.165, 1.54) is 10.6 Å². The van der Waals surface area contributed by atoms with Crippen molar-refractivity contribution in [2.24, 2.45) is 0 Å². The molecule has 92 valence electrons. The van der Waals surface area contributed by atoms with Gasteiger partial charge < -0.3 is 9.13 Å². The molecule has 2 aromatic heterocycles. The van der Waals surface area contributed by atoms with E-state index in [1.54, 1.807) is 24.8 Å². The van der Waals surface area contributed by atoms with Crippen molar-refractivity contribution in [2.75, 3.05) is 0 Å². The Morgan fingerprint density at radius 3 is 2.94 bits per heavy atom. The van der Waals surface area contributed by atoms with Gasteiger partial charge in [0.1, 0.15) is 11.6 Å². The molecular formula is C13H14N4O. The molecule has 0 fully saturated rings. The zero-order valence-corrected chi connectivity index (χ0v) is 10.4. The van der Waals surface area contributed by atoms with Gasteiger partial charge in [0.05, 0.1) is 18.6 Å². The smallest absolute Gasteiger partial charge is 0.268 e. The van der Waals surface area contributed by atoms with Crippen LogP contribution in [0.3, 0.4) is 0 Å². The van der Waals surface area contributed by atoms with Crippen LogP contribution in [0.25, 0.3) is 0 Å². The van der Waals surface area contributed by atoms with Crippen molar-refractivity contribution in [3.05, 3.63) is 52.5 Å². The van der Waals surface area contributed by atoms with Crippen molar-refractivity contribution in [1.29, 1.82) is 5.26 Å². The summed E-state index contributed by atoms with van der Waals surface area (Å²) in [5, 5.41) is 8.83. The van der Waals surface area contributed by atoms with Crippen LogP contribution in [0.5, 0.6) is 0 Å². The monoisotopic (exact) mass is 242 g/mol. The average molecular weight is 242 g/mol. The molecular weight excluding hydrogens is 228 g/mol. The summed E-state index contributed by atoms with van der Waals surface area (Å²) >= 11 is 0. The van der Waals surface area contributed by atoms with Crippen LogP contribution in [0.1, 0.15) is 31.1 Å². The summed E-state index contributed by atoms with van der Waals surface area (Å²) in [7, 11) is 0. The van der Waals surface area contributed by atoms with Crippen molar-refractivity contribution >= 4 is 0 Å². The van der Waals surface area contributed by atoms with Crippen LogP contribution < -0.4 is 5.56 Å². The van der Waals surface area contributed by atoms with Crippen LogP contribution in [0.15, 0.2) is 35.6 Å². The van der Waals surface area contributed by atoms with Crippen LogP contribution >= 0.6 is 0 Å². The maximum absolute atomic E-state index is 11.9. The maximum atomic E-state index is 11.9. The zero-order valence-electron chi connectivity index (χ0n) is 10.4. The van der Waals surface area contributed by atoms with E-state index in [0.29, 0.717) is 6.54 Å². The number of nitriles is 1. The number of aromatic nitrogens is 3. The van der Waals surface area contributed by atoms with Crippen molar-refractivity contribution < 1.29 is 0 Å². The number of rotatable bonds is 3. The van der Waals surface area contributed by atoms with Gasteiger partial charge >= 0.3 is 0 Å². The fraction of sp³-hybridized carbons (Fsp3) is 0.308. The molecule has 2 rings (SSSR count). The Morgan fingerprint density at radius 2 is 2.28 bits per heavy atom. The van der Waals surface area contributed by atoms with Gasteiger partial charge in [0, 0.05) is 18.4 Å². The molecule has 0 spiro atoms. The minimum Gasteiger partial charge on any atom is -0.330 e. The van der Waals surface area contributed by atoms with E-state index in [2.05, 4.69) is 18.8 Å². The molecule has 18 heavy (non-hydrogen) atoms. The number of nitrogens with zero attached hydrogens (tertiary/aromatic N) is 4. The summed E-state index contributed by atoms with van der Waals surface area (Å²) in [6.45, 7) is 4.53. The van der Waals surface area contributed by atoms with Crippen LogP contribution in [0.4, 0.5) is 0 Å². The van der Waals surface area contributed by atoms with Gasteiger partial charge in [-0.1, -0.05) is 0 Å². The molecule has 0 unspecified atom stereocenters. The highest BCUT2D eigenvalue weighted by molar-refractivity contribution is 5.25. The van der Waals surface area contributed by atoms with Gasteiger partial charge in [-0.3, -0.25) is 4.79 Å². The van der Waals surface area contributed by atoms with Gasteiger partial charge in [0.15, 0.2) is 0 Å². The summed E-state index contributed by atoms with van der Waals surface area (Å²) in [6.07, 6.45) is 5.17. The molecule has 0 aliphatic carbocycles. The lowest BCUT2D eigenvalue weighted by molar-refractivity contribution is 0.557. The Hall–Kier alpha value is -2.35. The van der Waals surface area contributed by atoms with E-state index in [4.69, 9.17) is 5.26 Å². The Kier molecular flexibility index (Phi) is 3.28. The maximum Gasteiger partial charge on any atom is 0.268 e. The van der Waals surface area contributed by atoms with Crippen LogP contribution in [0, 0.1) is 11.3 Å². The van der Waals surface area contributed by atoms with E-state index < -0.39 is 0 Å². The van der Waals surface area contributed by atoms with E-state index in [-0.39, 0.29) is 17.2 Å². The molecule has 0 aliphatic rings. The van der Waals surface area contributed by atoms with Crippen LogP contribution in [-0.4, -0.2) is 14.1 Å². The molecule has 0 aromatic carbocycles. The largest absolute Gasteiger partial charge is 0.330 e. The molecule has 0 aliphatic heterocycles. The van der Waals surface area contributed by atoms with Gasteiger partial charge in [-0.15, -0.1) is 0 Å². The SMILES string of the molecule is CC(C)n1cncc1Cn1cccc(C#N)c1=O. The quantitative estimate of drug-likeness (QED) is 0.820. The van der Waals surface area contributed by atoms with Crippen molar-refractivity contribution in [1.82, 2.24) is 14.1 Å². The third-order valence-corrected chi connectivity index (χ3v) is 2.78. The topological polar surface area (TPSA) is 63.6 Å². The highest BCUT2D eigenvalue weighted by atomic mass is 16.1. The lowest BCUT2D eigenvalue weighted by atomic mass is 10.3. The molecule has 2 aromatic rings. The number of imidazole rings is 1. The van der Waals surface area contributed by atoms with Crippen LogP contribution in [-0.2, 0) is 6.54 Å². The molecule has 0 radical (unpaired) electrons. The third-order valence-electron chi connectivity index (χ3n) is 2.78. The highest BCUT2D eigenvalue weighted by Gasteiger charge is 2.08. The van der Waals surface area contributed by atoms with E-state index in [0.717, 1.165) is 5.69 Å². The Labute approximate surface area is 105 Å². The summed E-state index contributed by atoms with van der Waals surface area (Å²) in [6, 6.07) is 5.42. The molecule has 0 N–H and O–H groups in total. The summed E-state index contributed by atoms with van der Waals surface area (Å²) < 4.78 is 3.53. The predicted molar refractivity (Wildman–Crippen MR) is 67.1 cm³/mol. The Balaban J connectivity index is 2.38. The van der Waals surface area contributed by atoms with E-state index in [9.17, 15) is 4.79 Å². The van der Waals surface area contributed by atoms with Crippen LogP contribution in [0.2, 0.25) is 0 Å². The van der Waals surface area contributed by atoms with E-state index in [1.807, 2.05) is 10.6 Å². The van der Waals surface area contributed by atoms with Crippen molar-refractivity contribution in [3.8, 4) is 6.07 Å². The molecule has 0 saturated heterocycles. The molecule has 0 amide bonds. The molecule has 0 saturated carbocycles. The lowest BCUT2D eigenvalue weighted by Crippen LogP contribution is -2.23. The second kappa shape index (κ2) is 4.88. The summed E-state index contributed by atoms with van der Waals surface area (Å²) in [5.74, 6) is 0. The first-order valence-corrected chi connectivity index (χ1v) is 5.73. The summed E-state index contributed by atoms with van der Waals surface area (Å²) in [5.41, 5.74) is 0.840. The number of pyridine rings is 1. The van der Waals surface area contributed by atoms with Gasteiger partial charge in [-0.05, 0) is 26.0 Å². The fourth-order valence-electron chi connectivity index (χ4n) is 1.84. The molecule has 0 atom stereocenters. The molecule has 2 heterocycles. The summed E-state index contributed by atoms with van der Waals surface area (Å²) in [4.78, 5) is 16.0. The molecule has 5 heteroatoms. The van der Waals surface area contributed by atoms with Gasteiger partial charge in [-0.2, -0.15) is 5.26 Å². The second-order valence-corrected chi connectivity index (χ2v) is 4.35. The first-order chi connectivity index (χ1) is 8.63. The van der Waals surface area contributed by atoms with Gasteiger partial charge in [0.25, 0.3) is 5.56 Å². The normalized spacial score (nSPS) is 10.6. The van der Waals surface area contributed by atoms with E-state index >= 15 is 0 Å². The first kappa shape index (κ1) is 12.1. The Morgan fingerprint density at radius 1 is 1.50 bits per heavy atom. The minimum absolute atomic E-state index is 0.160. The van der Waals surface area contributed by atoms with Crippen molar-refractivity contribution in [3.63, 3.8) is 0 Å². The van der Waals surface area contributed by atoms with Gasteiger partial charge in [-0.25, -0.2) is 4.98 Å². The van der Waals surface area contributed by atoms with Crippen molar-refractivity contribution in [2.45, 2.75) is 26.4 Å².